The van der Waals surface area contributed by atoms with Gasteiger partial charge < -0.3 is 4.90 Å². The summed E-state index contributed by atoms with van der Waals surface area (Å²) < 4.78 is 11.2. The zero-order valence-electron chi connectivity index (χ0n) is 11.9. The molecule has 1 heterocycles. The summed E-state index contributed by atoms with van der Waals surface area (Å²) in [6, 6.07) is 0.187. The minimum atomic E-state index is -0.805. The molecule has 1 aliphatic rings. The van der Waals surface area contributed by atoms with Crippen molar-refractivity contribution < 1.29 is 9.00 Å². The molecule has 1 aliphatic heterocycles. The van der Waals surface area contributed by atoms with Crippen LogP contribution in [0.1, 0.15) is 32.6 Å². The summed E-state index contributed by atoms with van der Waals surface area (Å²) in [6.07, 6.45) is 6.45. The lowest BCUT2D eigenvalue weighted by molar-refractivity contribution is -0.132. The van der Waals surface area contributed by atoms with Crippen LogP contribution in [0.3, 0.4) is 0 Å². The van der Waals surface area contributed by atoms with Gasteiger partial charge in [0.15, 0.2) is 0 Å². The Bertz CT molecular complexity index is 289. The zero-order chi connectivity index (χ0) is 13.5. The second kappa shape index (κ2) is 7.89. The number of amides is 1. The molecule has 1 fully saturated rings. The van der Waals surface area contributed by atoms with Gasteiger partial charge in [0.2, 0.25) is 5.91 Å². The van der Waals surface area contributed by atoms with E-state index in [1.165, 1.54) is 12.8 Å². The SMILES string of the molecule is C[C@H](C[S@](C)=O)N(C)CC(=O)N1CCCCCC1. The summed E-state index contributed by atoms with van der Waals surface area (Å²) in [6.45, 7) is 4.27. The van der Waals surface area contributed by atoms with Gasteiger partial charge in [0, 0.05) is 41.9 Å². The van der Waals surface area contributed by atoms with Gasteiger partial charge in [-0.25, -0.2) is 0 Å². The van der Waals surface area contributed by atoms with E-state index in [9.17, 15) is 9.00 Å². The van der Waals surface area contributed by atoms with Crippen LogP contribution in [0.4, 0.5) is 0 Å². The topological polar surface area (TPSA) is 40.6 Å². The van der Waals surface area contributed by atoms with Crippen molar-refractivity contribution >= 4 is 16.7 Å². The van der Waals surface area contributed by atoms with Crippen molar-refractivity contribution in [2.45, 2.75) is 38.6 Å². The number of carbonyl (C=O) groups is 1. The van der Waals surface area contributed by atoms with Gasteiger partial charge >= 0.3 is 0 Å². The molecule has 0 unspecified atom stereocenters. The Hall–Kier alpha value is -0.420. The maximum Gasteiger partial charge on any atom is 0.236 e. The number of likely N-dealkylation sites (tertiary alicyclic amines) is 1. The first-order chi connectivity index (χ1) is 8.50. The molecule has 1 rings (SSSR count). The number of hydrogen-bond acceptors (Lipinski definition) is 3. The molecule has 0 spiro atoms. The van der Waals surface area contributed by atoms with Crippen molar-refractivity contribution in [3.63, 3.8) is 0 Å². The quantitative estimate of drug-likeness (QED) is 0.753. The molecule has 106 valence electrons. The molecule has 4 nitrogen and oxygen atoms in total. The fraction of sp³-hybridized carbons (Fsp3) is 0.923. The lowest BCUT2D eigenvalue weighted by Crippen LogP contribution is -2.43. The molecule has 18 heavy (non-hydrogen) atoms. The Morgan fingerprint density at radius 1 is 1.28 bits per heavy atom. The molecule has 1 amide bonds. The minimum absolute atomic E-state index is 0.187. The Morgan fingerprint density at radius 3 is 2.33 bits per heavy atom. The molecule has 0 aromatic rings. The van der Waals surface area contributed by atoms with Crippen molar-refractivity contribution in [1.29, 1.82) is 0 Å². The summed E-state index contributed by atoms with van der Waals surface area (Å²) in [5.74, 6) is 0.845. The predicted octanol–water partition coefficient (Wildman–Crippen LogP) is 1.09. The summed E-state index contributed by atoms with van der Waals surface area (Å²) in [5, 5.41) is 0. The van der Waals surface area contributed by atoms with Crippen molar-refractivity contribution in [2.75, 3.05) is 38.7 Å². The smallest absolute Gasteiger partial charge is 0.236 e. The third kappa shape index (κ3) is 5.48. The van der Waals surface area contributed by atoms with Crippen LogP contribution in [0.2, 0.25) is 0 Å². The highest BCUT2D eigenvalue weighted by Gasteiger charge is 2.19. The van der Waals surface area contributed by atoms with E-state index in [2.05, 4.69) is 0 Å². The van der Waals surface area contributed by atoms with Gasteiger partial charge in [0.25, 0.3) is 0 Å². The van der Waals surface area contributed by atoms with Crippen LogP contribution in [0.15, 0.2) is 0 Å². The summed E-state index contributed by atoms with van der Waals surface area (Å²) >= 11 is 0. The molecule has 0 radical (unpaired) electrons. The van der Waals surface area contributed by atoms with Gasteiger partial charge in [-0.05, 0) is 26.8 Å². The van der Waals surface area contributed by atoms with Gasteiger partial charge in [-0.1, -0.05) is 12.8 Å². The Labute approximate surface area is 113 Å². The Balaban J connectivity index is 2.39. The van der Waals surface area contributed by atoms with Gasteiger partial charge in [-0.15, -0.1) is 0 Å². The molecule has 0 aliphatic carbocycles. The third-order valence-electron chi connectivity index (χ3n) is 3.57. The second-order valence-electron chi connectivity index (χ2n) is 5.30. The van der Waals surface area contributed by atoms with Crippen LogP contribution >= 0.6 is 0 Å². The summed E-state index contributed by atoms with van der Waals surface area (Å²) in [5.41, 5.74) is 0. The van der Waals surface area contributed by atoms with E-state index in [-0.39, 0.29) is 11.9 Å². The molecule has 0 aromatic carbocycles. The van der Waals surface area contributed by atoms with E-state index in [4.69, 9.17) is 0 Å². The van der Waals surface area contributed by atoms with Gasteiger partial charge in [-0.3, -0.25) is 13.9 Å². The normalized spacial score (nSPS) is 20.6. The van der Waals surface area contributed by atoms with Crippen molar-refractivity contribution in [3.8, 4) is 0 Å². The molecular formula is C13H26N2O2S. The Morgan fingerprint density at radius 2 is 1.83 bits per heavy atom. The van der Waals surface area contributed by atoms with Crippen LogP contribution in [0.5, 0.6) is 0 Å². The van der Waals surface area contributed by atoms with Crippen molar-refractivity contribution in [1.82, 2.24) is 9.80 Å². The van der Waals surface area contributed by atoms with Crippen LogP contribution in [0.25, 0.3) is 0 Å². The lowest BCUT2D eigenvalue weighted by Gasteiger charge is -2.27. The van der Waals surface area contributed by atoms with Gasteiger partial charge in [0.1, 0.15) is 0 Å². The number of likely N-dealkylation sites (N-methyl/N-ethyl adjacent to an activating group) is 1. The molecule has 0 N–H and O–H groups in total. The van der Waals surface area contributed by atoms with E-state index in [1.807, 2.05) is 23.8 Å². The van der Waals surface area contributed by atoms with Crippen LogP contribution in [-0.2, 0) is 15.6 Å². The standard InChI is InChI=1S/C13H26N2O2S/c1-12(11-18(3)17)14(2)10-13(16)15-8-6-4-5-7-9-15/h12H,4-11H2,1-3H3/t12-,18+/m1/s1. The maximum absolute atomic E-state index is 12.2. The summed E-state index contributed by atoms with van der Waals surface area (Å²) in [4.78, 5) is 16.2. The number of carbonyl (C=O) groups excluding carboxylic acids is 1. The minimum Gasteiger partial charge on any atom is -0.342 e. The van der Waals surface area contributed by atoms with E-state index in [1.54, 1.807) is 6.26 Å². The fourth-order valence-electron chi connectivity index (χ4n) is 2.26. The molecule has 5 heteroatoms. The average molecular weight is 274 g/mol. The van der Waals surface area contributed by atoms with Crippen LogP contribution < -0.4 is 0 Å². The molecule has 2 atom stereocenters. The van der Waals surface area contributed by atoms with E-state index < -0.39 is 10.8 Å². The first kappa shape index (κ1) is 15.6. The summed E-state index contributed by atoms with van der Waals surface area (Å²) in [7, 11) is 1.13. The van der Waals surface area contributed by atoms with E-state index >= 15 is 0 Å². The average Bonchev–Trinajstić information content (AvgIpc) is 2.56. The zero-order valence-corrected chi connectivity index (χ0v) is 12.7. The highest BCUT2D eigenvalue weighted by atomic mass is 32.2. The maximum atomic E-state index is 12.2. The Kier molecular flexibility index (Phi) is 6.86. The van der Waals surface area contributed by atoms with Gasteiger partial charge in [-0.2, -0.15) is 0 Å². The van der Waals surface area contributed by atoms with Crippen molar-refractivity contribution in [3.05, 3.63) is 0 Å². The van der Waals surface area contributed by atoms with Crippen LogP contribution in [-0.4, -0.2) is 64.6 Å². The first-order valence-electron chi connectivity index (χ1n) is 6.78. The number of hydrogen-bond donors (Lipinski definition) is 0. The highest BCUT2D eigenvalue weighted by Crippen LogP contribution is 2.10. The second-order valence-corrected chi connectivity index (χ2v) is 6.78. The molecule has 0 saturated carbocycles. The number of rotatable bonds is 5. The molecule has 0 bridgehead atoms. The van der Waals surface area contributed by atoms with E-state index in [0.29, 0.717) is 12.3 Å². The molecule has 0 aromatic heterocycles. The number of nitrogens with zero attached hydrogens (tertiary/aromatic N) is 2. The first-order valence-corrected chi connectivity index (χ1v) is 8.51. The molecular weight excluding hydrogens is 248 g/mol. The highest BCUT2D eigenvalue weighted by molar-refractivity contribution is 7.84. The predicted molar refractivity (Wildman–Crippen MR) is 76.1 cm³/mol. The fourth-order valence-corrected chi connectivity index (χ4v) is 3.19. The molecule has 1 saturated heterocycles. The van der Waals surface area contributed by atoms with E-state index in [0.717, 1.165) is 25.9 Å². The third-order valence-corrected chi connectivity index (χ3v) is 4.52. The van der Waals surface area contributed by atoms with Crippen molar-refractivity contribution in [2.24, 2.45) is 0 Å². The van der Waals surface area contributed by atoms with Crippen LogP contribution in [0, 0.1) is 0 Å². The largest absolute Gasteiger partial charge is 0.342 e. The lowest BCUT2D eigenvalue weighted by atomic mass is 10.2. The van der Waals surface area contributed by atoms with Gasteiger partial charge in [0.05, 0.1) is 6.54 Å². The monoisotopic (exact) mass is 274 g/mol.